The first-order valence-corrected chi connectivity index (χ1v) is 9.84. The quantitative estimate of drug-likeness (QED) is 0.708. The zero-order valence-electron chi connectivity index (χ0n) is 15.3. The first-order chi connectivity index (χ1) is 13.0. The van der Waals surface area contributed by atoms with E-state index in [4.69, 9.17) is 4.74 Å². The molecule has 1 amide bonds. The molecule has 27 heavy (non-hydrogen) atoms. The van der Waals surface area contributed by atoms with Gasteiger partial charge in [0.05, 0.1) is 18.2 Å². The molecule has 0 saturated carbocycles. The fraction of sp³-hybridized carbons (Fsp3) is 0.350. The van der Waals surface area contributed by atoms with Crippen molar-refractivity contribution < 1.29 is 9.53 Å². The van der Waals surface area contributed by atoms with Gasteiger partial charge in [0.2, 0.25) is 5.91 Å². The normalized spacial score (nSPS) is 13.0. The highest BCUT2D eigenvalue weighted by Gasteiger charge is 2.21. The molecule has 1 aliphatic rings. The summed E-state index contributed by atoms with van der Waals surface area (Å²) in [6.07, 6.45) is 3.72. The highest BCUT2D eigenvalue weighted by molar-refractivity contribution is 7.18. The lowest BCUT2D eigenvalue weighted by Gasteiger charge is -2.11. The van der Waals surface area contributed by atoms with Crippen molar-refractivity contribution in [1.82, 2.24) is 9.97 Å². The second-order valence-electron chi connectivity index (χ2n) is 6.80. The Bertz CT molecular complexity index is 1080. The van der Waals surface area contributed by atoms with E-state index in [1.54, 1.807) is 18.4 Å². The Labute approximate surface area is 160 Å². The van der Waals surface area contributed by atoms with Crippen LogP contribution in [0.5, 0.6) is 5.75 Å². The van der Waals surface area contributed by atoms with Crippen molar-refractivity contribution in [2.24, 2.45) is 0 Å². The smallest absolute Gasteiger partial charge is 0.259 e. The SMILES string of the molecule is COc1ccc(C)cc1NC(=O)CCc1nc2sc3c(c2c(=O)[nH]1)CCC3. The van der Waals surface area contributed by atoms with Gasteiger partial charge >= 0.3 is 0 Å². The number of hydrogen-bond acceptors (Lipinski definition) is 5. The average molecular weight is 383 g/mol. The number of H-pyrrole nitrogens is 1. The summed E-state index contributed by atoms with van der Waals surface area (Å²) < 4.78 is 5.28. The van der Waals surface area contributed by atoms with Crippen LogP contribution in [0.1, 0.15) is 34.7 Å². The molecule has 0 aliphatic heterocycles. The number of aryl methyl sites for hydroxylation is 4. The van der Waals surface area contributed by atoms with Crippen LogP contribution in [0.4, 0.5) is 5.69 Å². The number of carbonyl (C=O) groups is 1. The first-order valence-electron chi connectivity index (χ1n) is 9.03. The molecule has 6 nitrogen and oxygen atoms in total. The van der Waals surface area contributed by atoms with Gasteiger partial charge in [-0.25, -0.2) is 4.98 Å². The number of carbonyl (C=O) groups excluding carboxylic acids is 1. The van der Waals surface area contributed by atoms with Gasteiger partial charge in [0.25, 0.3) is 5.56 Å². The molecule has 0 unspecified atom stereocenters. The number of ether oxygens (including phenoxy) is 1. The number of rotatable bonds is 5. The number of anilines is 1. The lowest BCUT2D eigenvalue weighted by molar-refractivity contribution is -0.116. The lowest BCUT2D eigenvalue weighted by Crippen LogP contribution is -2.16. The summed E-state index contributed by atoms with van der Waals surface area (Å²) in [5.41, 5.74) is 2.76. The predicted molar refractivity (Wildman–Crippen MR) is 107 cm³/mol. The molecule has 7 heteroatoms. The number of aromatic amines is 1. The van der Waals surface area contributed by atoms with Gasteiger partial charge in [-0.2, -0.15) is 0 Å². The fourth-order valence-corrected chi connectivity index (χ4v) is 4.81. The van der Waals surface area contributed by atoms with Crippen molar-refractivity contribution in [3.8, 4) is 5.75 Å². The van der Waals surface area contributed by atoms with Crippen LogP contribution in [0.15, 0.2) is 23.0 Å². The van der Waals surface area contributed by atoms with Crippen LogP contribution in [0.25, 0.3) is 10.2 Å². The van der Waals surface area contributed by atoms with E-state index in [9.17, 15) is 9.59 Å². The molecule has 2 N–H and O–H groups in total. The third-order valence-corrected chi connectivity index (χ3v) is 6.03. The molecular formula is C20H21N3O3S. The van der Waals surface area contributed by atoms with Crippen molar-refractivity contribution in [2.45, 2.75) is 39.0 Å². The van der Waals surface area contributed by atoms with Crippen LogP contribution >= 0.6 is 11.3 Å². The van der Waals surface area contributed by atoms with Crippen molar-refractivity contribution in [1.29, 1.82) is 0 Å². The van der Waals surface area contributed by atoms with E-state index in [0.717, 1.165) is 35.0 Å². The highest BCUT2D eigenvalue weighted by atomic mass is 32.1. The van der Waals surface area contributed by atoms with Crippen LogP contribution in [0.2, 0.25) is 0 Å². The molecule has 4 rings (SSSR count). The molecule has 0 saturated heterocycles. The van der Waals surface area contributed by atoms with E-state index in [1.165, 1.54) is 10.4 Å². The van der Waals surface area contributed by atoms with Gasteiger partial charge in [0.1, 0.15) is 16.4 Å². The summed E-state index contributed by atoms with van der Waals surface area (Å²) in [4.78, 5) is 34.3. The summed E-state index contributed by atoms with van der Waals surface area (Å²) in [6, 6.07) is 5.63. The van der Waals surface area contributed by atoms with E-state index in [-0.39, 0.29) is 17.9 Å². The molecule has 140 valence electrons. The Morgan fingerprint density at radius 2 is 2.22 bits per heavy atom. The number of aromatic nitrogens is 2. The number of thiophene rings is 1. The third kappa shape index (κ3) is 3.47. The minimum atomic E-state index is -0.143. The van der Waals surface area contributed by atoms with Gasteiger partial charge in [-0.05, 0) is 49.4 Å². The van der Waals surface area contributed by atoms with Gasteiger partial charge in [0, 0.05) is 17.7 Å². The van der Waals surface area contributed by atoms with E-state index in [1.807, 2.05) is 25.1 Å². The van der Waals surface area contributed by atoms with E-state index >= 15 is 0 Å². The molecule has 1 aromatic carbocycles. The Morgan fingerprint density at radius 1 is 1.37 bits per heavy atom. The minimum absolute atomic E-state index is 0.0878. The average Bonchev–Trinajstić information content (AvgIpc) is 3.21. The fourth-order valence-electron chi connectivity index (χ4n) is 3.53. The van der Waals surface area contributed by atoms with Crippen molar-refractivity contribution in [3.05, 3.63) is 50.4 Å². The Balaban J connectivity index is 1.48. The van der Waals surface area contributed by atoms with Crippen molar-refractivity contribution in [3.63, 3.8) is 0 Å². The van der Waals surface area contributed by atoms with E-state index in [2.05, 4.69) is 15.3 Å². The minimum Gasteiger partial charge on any atom is -0.495 e. The number of nitrogens with zero attached hydrogens (tertiary/aromatic N) is 1. The zero-order valence-corrected chi connectivity index (χ0v) is 16.2. The Kier molecular flexibility index (Phi) is 4.70. The summed E-state index contributed by atoms with van der Waals surface area (Å²) >= 11 is 1.61. The largest absolute Gasteiger partial charge is 0.495 e. The van der Waals surface area contributed by atoms with Gasteiger partial charge in [-0.3, -0.25) is 9.59 Å². The van der Waals surface area contributed by atoms with Crippen LogP contribution in [0.3, 0.4) is 0 Å². The number of fused-ring (bicyclic) bond motifs is 3. The van der Waals surface area contributed by atoms with Crippen LogP contribution < -0.4 is 15.6 Å². The molecule has 1 aliphatic carbocycles. The molecule has 2 aromatic heterocycles. The molecule has 0 fully saturated rings. The van der Waals surface area contributed by atoms with Gasteiger partial charge < -0.3 is 15.0 Å². The predicted octanol–water partition coefficient (Wildman–Crippen LogP) is 3.36. The molecule has 0 spiro atoms. The number of nitrogens with one attached hydrogen (secondary N) is 2. The van der Waals surface area contributed by atoms with E-state index in [0.29, 0.717) is 23.7 Å². The highest BCUT2D eigenvalue weighted by Crippen LogP contribution is 2.34. The molecule has 2 heterocycles. The molecule has 0 atom stereocenters. The van der Waals surface area contributed by atoms with E-state index < -0.39 is 0 Å². The number of hydrogen-bond donors (Lipinski definition) is 2. The maximum atomic E-state index is 12.5. The summed E-state index contributed by atoms with van der Waals surface area (Å²) in [5, 5.41) is 3.62. The summed E-state index contributed by atoms with van der Waals surface area (Å²) in [6.45, 7) is 1.96. The summed E-state index contributed by atoms with van der Waals surface area (Å²) in [5.74, 6) is 1.03. The van der Waals surface area contributed by atoms with Crippen molar-refractivity contribution in [2.75, 3.05) is 12.4 Å². The second-order valence-corrected chi connectivity index (χ2v) is 7.89. The topological polar surface area (TPSA) is 84.1 Å². The zero-order chi connectivity index (χ0) is 19.0. The number of methoxy groups -OCH3 is 1. The van der Waals surface area contributed by atoms with Gasteiger partial charge in [-0.15, -0.1) is 11.3 Å². The first kappa shape index (κ1) is 17.7. The van der Waals surface area contributed by atoms with Crippen LogP contribution in [-0.4, -0.2) is 23.0 Å². The maximum Gasteiger partial charge on any atom is 0.259 e. The number of amides is 1. The summed E-state index contributed by atoms with van der Waals surface area (Å²) in [7, 11) is 1.57. The molecular weight excluding hydrogens is 362 g/mol. The van der Waals surface area contributed by atoms with Crippen LogP contribution in [-0.2, 0) is 24.1 Å². The number of benzene rings is 1. The maximum absolute atomic E-state index is 12.5. The van der Waals surface area contributed by atoms with Crippen LogP contribution in [0, 0.1) is 6.92 Å². The molecule has 0 bridgehead atoms. The third-order valence-electron chi connectivity index (χ3n) is 4.84. The Hall–Kier alpha value is -2.67. The van der Waals surface area contributed by atoms with Crippen molar-refractivity contribution >= 4 is 33.1 Å². The lowest BCUT2D eigenvalue weighted by atomic mass is 10.2. The monoisotopic (exact) mass is 383 g/mol. The molecule has 3 aromatic rings. The molecule has 0 radical (unpaired) electrons. The second kappa shape index (κ2) is 7.15. The van der Waals surface area contributed by atoms with Gasteiger partial charge in [-0.1, -0.05) is 6.07 Å². The standard InChI is InChI=1S/C20H21N3O3S/c1-11-6-7-14(26-2)13(10-11)21-17(24)9-8-16-22-19(25)18-12-4-3-5-15(12)27-20(18)23-16/h6-7,10H,3-5,8-9H2,1-2H3,(H,21,24)(H,22,23,25). The Morgan fingerprint density at radius 3 is 3.04 bits per heavy atom. The van der Waals surface area contributed by atoms with Gasteiger partial charge in [0.15, 0.2) is 0 Å².